The number of carbonyl (C=O) groups is 2. The first-order chi connectivity index (χ1) is 7.16. The zero-order valence-corrected chi connectivity index (χ0v) is 8.91. The maximum absolute atomic E-state index is 10.8. The van der Waals surface area contributed by atoms with Crippen molar-refractivity contribution >= 4 is 11.9 Å². The van der Waals surface area contributed by atoms with Crippen molar-refractivity contribution in [3.05, 3.63) is 12.2 Å². The fourth-order valence-corrected chi connectivity index (χ4v) is 0.677. The highest BCUT2D eigenvalue weighted by atomic mass is 16.5. The molecule has 0 spiro atoms. The fraction of sp³-hybridized carbons (Fsp3) is 0.455. The molecular formula is C11H14O4. The number of esters is 2. The third kappa shape index (κ3) is 10.2. The van der Waals surface area contributed by atoms with Crippen LogP contribution in [0.5, 0.6) is 0 Å². The summed E-state index contributed by atoms with van der Waals surface area (Å²) in [4.78, 5) is 21.1. The van der Waals surface area contributed by atoms with Gasteiger partial charge in [0.2, 0.25) is 0 Å². The molecule has 0 saturated heterocycles. The molecule has 0 aliphatic rings. The molecule has 0 aliphatic carbocycles. The Hall–Kier alpha value is -1.76. The average Bonchev–Trinajstić information content (AvgIpc) is 2.16. The van der Waals surface area contributed by atoms with Crippen LogP contribution in [0.2, 0.25) is 0 Å². The minimum atomic E-state index is -0.410. The van der Waals surface area contributed by atoms with Gasteiger partial charge in [0.05, 0.1) is 6.61 Å². The van der Waals surface area contributed by atoms with Gasteiger partial charge in [-0.3, -0.25) is 4.79 Å². The molecule has 0 unspecified atom stereocenters. The van der Waals surface area contributed by atoms with Crippen LogP contribution in [0.1, 0.15) is 20.3 Å². The van der Waals surface area contributed by atoms with E-state index < -0.39 is 5.97 Å². The zero-order valence-electron chi connectivity index (χ0n) is 8.91. The van der Waals surface area contributed by atoms with Crippen LogP contribution in [-0.4, -0.2) is 25.2 Å². The summed E-state index contributed by atoms with van der Waals surface area (Å²) in [7, 11) is 0. The summed E-state index contributed by atoms with van der Waals surface area (Å²) in [6, 6.07) is 0. The van der Waals surface area contributed by atoms with Crippen molar-refractivity contribution in [3.8, 4) is 11.8 Å². The molecule has 4 heteroatoms. The van der Waals surface area contributed by atoms with Crippen molar-refractivity contribution in [1.82, 2.24) is 0 Å². The minimum Gasteiger partial charge on any atom is -0.465 e. The lowest BCUT2D eigenvalue weighted by Gasteiger charge is -1.94. The smallest absolute Gasteiger partial charge is 0.331 e. The summed E-state index contributed by atoms with van der Waals surface area (Å²) in [6.45, 7) is 3.70. The van der Waals surface area contributed by atoms with E-state index in [4.69, 9.17) is 0 Å². The van der Waals surface area contributed by atoms with Gasteiger partial charge in [-0.1, -0.05) is 11.8 Å². The van der Waals surface area contributed by atoms with Crippen molar-refractivity contribution in [2.45, 2.75) is 20.3 Å². The number of rotatable bonds is 4. The quantitative estimate of drug-likeness (QED) is 0.301. The number of hydrogen-bond donors (Lipinski definition) is 0. The summed E-state index contributed by atoms with van der Waals surface area (Å²) in [5.74, 6) is 4.61. The Balaban J connectivity index is 3.61. The minimum absolute atomic E-state index is 0.273. The van der Waals surface area contributed by atoms with Crippen LogP contribution in [0.4, 0.5) is 0 Å². The SMILES string of the molecule is CCOC(=O)/C=C\C#CCCOC(C)=O. The predicted octanol–water partition coefficient (Wildman–Crippen LogP) is 1.06. The molecule has 0 N–H and O–H groups in total. The zero-order chi connectivity index (χ0) is 11.5. The standard InChI is InChI=1S/C11H14O4/c1-3-14-11(13)8-6-4-5-7-9-15-10(2)12/h6,8H,3,7,9H2,1-2H3/b8-6-. The van der Waals surface area contributed by atoms with Crippen molar-refractivity contribution < 1.29 is 19.1 Å². The van der Waals surface area contributed by atoms with Crippen molar-refractivity contribution in [2.75, 3.05) is 13.2 Å². The summed E-state index contributed by atoms with van der Waals surface area (Å²) >= 11 is 0. The Bertz CT molecular complexity index is 293. The molecule has 0 radical (unpaired) electrons. The Morgan fingerprint density at radius 2 is 2.07 bits per heavy atom. The maximum atomic E-state index is 10.8. The average molecular weight is 210 g/mol. The second-order valence-electron chi connectivity index (χ2n) is 2.50. The largest absolute Gasteiger partial charge is 0.465 e. The fourth-order valence-electron chi connectivity index (χ4n) is 0.677. The van der Waals surface area contributed by atoms with Crippen molar-refractivity contribution in [2.24, 2.45) is 0 Å². The Kier molecular flexibility index (Phi) is 7.79. The first-order valence-electron chi connectivity index (χ1n) is 4.62. The van der Waals surface area contributed by atoms with E-state index >= 15 is 0 Å². The van der Waals surface area contributed by atoms with Crippen molar-refractivity contribution in [1.29, 1.82) is 0 Å². The van der Waals surface area contributed by atoms with Crippen molar-refractivity contribution in [3.63, 3.8) is 0 Å². The summed E-state index contributed by atoms with van der Waals surface area (Å²) < 4.78 is 9.29. The molecule has 0 aromatic heterocycles. The summed E-state index contributed by atoms with van der Waals surface area (Å²) in [5.41, 5.74) is 0. The van der Waals surface area contributed by atoms with Crippen LogP contribution in [0, 0.1) is 11.8 Å². The Morgan fingerprint density at radius 1 is 1.33 bits per heavy atom. The van der Waals surface area contributed by atoms with Crippen LogP contribution < -0.4 is 0 Å². The number of hydrogen-bond acceptors (Lipinski definition) is 4. The summed E-state index contributed by atoms with van der Waals surface area (Å²) in [5, 5.41) is 0. The van der Waals surface area contributed by atoms with Crippen LogP contribution in [0.25, 0.3) is 0 Å². The molecule has 4 nitrogen and oxygen atoms in total. The van der Waals surface area contributed by atoms with Gasteiger partial charge < -0.3 is 9.47 Å². The van der Waals surface area contributed by atoms with E-state index in [1.54, 1.807) is 6.92 Å². The predicted molar refractivity (Wildman–Crippen MR) is 54.8 cm³/mol. The van der Waals surface area contributed by atoms with Crippen LogP contribution in [0.15, 0.2) is 12.2 Å². The van der Waals surface area contributed by atoms with Gasteiger partial charge in [0, 0.05) is 19.4 Å². The van der Waals surface area contributed by atoms with Gasteiger partial charge in [0.25, 0.3) is 0 Å². The van der Waals surface area contributed by atoms with E-state index in [9.17, 15) is 9.59 Å². The van der Waals surface area contributed by atoms with Crippen LogP contribution in [-0.2, 0) is 19.1 Å². The number of allylic oxidation sites excluding steroid dienone is 1. The highest BCUT2D eigenvalue weighted by molar-refractivity contribution is 5.82. The van der Waals surface area contributed by atoms with E-state index in [2.05, 4.69) is 21.3 Å². The molecule has 0 bridgehead atoms. The van der Waals surface area contributed by atoms with Gasteiger partial charge in [-0.25, -0.2) is 4.79 Å². The monoisotopic (exact) mass is 210 g/mol. The topological polar surface area (TPSA) is 52.6 Å². The second kappa shape index (κ2) is 8.82. The van der Waals surface area contributed by atoms with Gasteiger partial charge in [-0.15, -0.1) is 0 Å². The van der Waals surface area contributed by atoms with E-state index in [1.807, 2.05) is 0 Å². The molecule has 0 atom stereocenters. The lowest BCUT2D eigenvalue weighted by molar-refractivity contribution is -0.140. The van der Waals surface area contributed by atoms with Gasteiger partial charge >= 0.3 is 11.9 Å². The first kappa shape index (κ1) is 13.2. The highest BCUT2D eigenvalue weighted by Gasteiger charge is 1.90. The van der Waals surface area contributed by atoms with E-state index in [0.29, 0.717) is 13.0 Å². The summed E-state index contributed by atoms with van der Waals surface area (Å²) in [6.07, 6.45) is 3.11. The van der Waals surface area contributed by atoms with Gasteiger partial charge in [-0.05, 0) is 13.0 Å². The van der Waals surface area contributed by atoms with Crippen LogP contribution >= 0.6 is 0 Å². The molecular weight excluding hydrogens is 196 g/mol. The molecule has 82 valence electrons. The van der Waals surface area contributed by atoms with Gasteiger partial charge in [0.15, 0.2) is 0 Å². The molecule has 0 aliphatic heterocycles. The van der Waals surface area contributed by atoms with Crippen LogP contribution in [0.3, 0.4) is 0 Å². The second-order valence-corrected chi connectivity index (χ2v) is 2.50. The normalized spacial score (nSPS) is 9.20. The number of ether oxygens (including phenoxy) is 2. The van der Waals surface area contributed by atoms with E-state index in [1.165, 1.54) is 19.1 Å². The third-order valence-electron chi connectivity index (χ3n) is 1.22. The molecule has 0 amide bonds. The molecule has 0 aromatic rings. The molecule has 15 heavy (non-hydrogen) atoms. The molecule has 0 rings (SSSR count). The first-order valence-corrected chi connectivity index (χ1v) is 4.62. The molecule has 0 fully saturated rings. The van der Waals surface area contributed by atoms with Gasteiger partial charge in [0.1, 0.15) is 6.61 Å². The van der Waals surface area contributed by atoms with Gasteiger partial charge in [-0.2, -0.15) is 0 Å². The highest BCUT2D eigenvalue weighted by Crippen LogP contribution is 1.82. The molecule has 0 heterocycles. The lowest BCUT2D eigenvalue weighted by Crippen LogP contribution is -1.99. The molecule has 0 saturated carbocycles. The third-order valence-corrected chi connectivity index (χ3v) is 1.22. The van der Waals surface area contributed by atoms with E-state index in [0.717, 1.165) is 0 Å². The van der Waals surface area contributed by atoms with E-state index in [-0.39, 0.29) is 12.6 Å². The lowest BCUT2D eigenvalue weighted by atomic mass is 10.4. The Labute approximate surface area is 89.2 Å². The Morgan fingerprint density at radius 3 is 2.67 bits per heavy atom. The maximum Gasteiger partial charge on any atom is 0.331 e. The molecule has 0 aromatic carbocycles. The number of carbonyl (C=O) groups excluding carboxylic acids is 2.